The second-order valence-electron chi connectivity index (χ2n) is 5.03. The molecule has 0 saturated carbocycles. The van der Waals surface area contributed by atoms with Gasteiger partial charge in [-0.15, -0.1) is 11.6 Å². The largest absolute Gasteiger partial charge is 0.478 e. The molecule has 4 nitrogen and oxygen atoms in total. The van der Waals surface area contributed by atoms with Crippen LogP contribution in [-0.2, 0) is 0 Å². The summed E-state index contributed by atoms with van der Waals surface area (Å²) in [4.78, 5) is 8.55. The number of nitrogens with zero attached hydrogens (tertiary/aromatic N) is 2. The molecule has 1 rings (SSSR count). The predicted octanol–water partition coefficient (Wildman–Crippen LogP) is 3.25. The van der Waals surface area contributed by atoms with E-state index in [4.69, 9.17) is 16.3 Å². The molecule has 0 fully saturated rings. The maximum Gasteiger partial charge on any atom is 0.218 e. The number of aromatic nitrogens is 2. The maximum absolute atomic E-state index is 5.79. The van der Waals surface area contributed by atoms with E-state index in [1.807, 2.05) is 19.9 Å². The van der Waals surface area contributed by atoms with Crippen LogP contribution in [0.15, 0.2) is 6.07 Å². The molecule has 1 aromatic rings. The van der Waals surface area contributed by atoms with Gasteiger partial charge in [-0.1, -0.05) is 13.8 Å². The van der Waals surface area contributed by atoms with E-state index in [2.05, 4.69) is 29.1 Å². The van der Waals surface area contributed by atoms with Gasteiger partial charge in [-0.25, -0.2) is 4.98 Å². The minimum atomic E-state index is 0.145. The van der Waals surface area contributed by atoms with Crippen LogP contribution in [0, 0.1) is 12.3 Å². The molecule has 1 heterocycles. The van der Waals surface area contributed by atoms with Crippen molar-refractivity contribution >= 4 is 17.4 Å². The molecular formula is C13H22ClN3O. The first-order valence-corrected chi connectivity index (χ1v) is 6.78. The van der Waals surface area contributed by atoms with Crippen molar-refractivity contribution in [2.75, 3.05) is 24.3 Å². The Morgan fingerprint density at radius 1 is 1.39 bits per heavy atom. The zero-order valence-corrected chi connectivity index (χ0v) is 12.3. The first-order valence-electron chi connectivity index (χ1n) is 6.25. The van der Waals surface area contributed by atoms with E-state index in [0.29, 0.717) is 24.2 Å². The van der Waals surface area contributed by atoms with E-state index in [1.54, 1.807) is 0 Å². The zero-order valence-electron chi connectivity index (χ0n) is 11.6. The Hall–Kier alpha value is -1.03. The van der Waals surface area contributed by atoms with Crippen molar-refractivity contribution in [1.29, 1.82) is 0 Å². The minimum Gasteiger partial charge on any atom is -0.478 e. The standard InChI is InChI=1S/C13H22ClN3O/c1-5-18-12-8-11(16-10(2)17-12)15-9-13(3,4)6-7-14/h8H,5-7,9H2,1-4H3,(H,15,16,17). The van der Waals surface area contributed by atoms with Gasteiger partial charge in [-0.3, -0.25) is 0 Å². The number of ether oxygens (including phenoxy) is 1. The van der Waals surface area contributed by atoms with Gasteiger partial charge < -0.3 is 10.1 Å². The van der Waals surface area contributed by atoms with Crippen molar-refractivity contribution in [3.63, 3.8) is 0 Å². The average Bonchev–Trinajstić information content (AvgIpc) is 2.26. The lowest BCUT2D eigenvalue weighted by atomic mass is 9.90. The molecule has 0 spiro atoms. The number of hydrogen-bond donors (Lipinski definition) is 1. The normalized spacial score (nSPS) is 11.4. The minimum absolute atomic E-state index is 0.145. The number of alkyl halides is 1. The fourth-order valence-corrected chi connectivity index (χ4v) is 2.04. The van der Waals surface area contributed by atoms with Crippen molar-refractivity contribution in [1.82, 2.24) is 9.97 Å². The number of halogens is 1. The molecule has 0 aliphatic carbocycles. The fourth-order valence-electron chi connectivity index (χ4n) is 1.53. The van der Waals surface area contributed by atoms with Gasteiger partial charge in [0.1, 0.15) is 11.6 Å². The molecule has 0 radical (unpaired) electrons. The van der Waals surface area contributed by atoms with Gasteiger partial charge in [-0.2, -0.15) is 4.98 Å². The molecule has 1 N–H and O–H groups in total. The lowest BCUT2D eigenvalue weighted by Gasteiger charge is -2.24. The summed E-state index contributed by atoms with van der Waals surface area (Å²) in [6.45, 7) is 9.58. The molecule has 0 aromatic carbocycles. The lowest BCUT2D eigenvalue weighted by Crippen LogP contribution is -2.24. The summed E-state index contributed by atoms with van der Waals surface area (Å²) in [7, 11) is 0. The summed E-state index contributed by atoms with van der Waals surface area (Å²) in [5.74, 6) is 2.79. The summed E-state index contributed by atoms with van der Waals surface area (Å²) in [6, 6.07) is 1.83. The van der Waals surface area contributed by atoms with Gasteiger partial charge >= 0.3 is 0 Å². The topological polar surface area (TPSA) is 47.0 Å². The van der Waals surface area contributed by atoms with Crippen molar-refractivity contribution in [3.05, 3.63) is 11.9 Å². The Balaban J connectivity index is 2.66. The van der Waals surface area contributed by atoms with Gasteiger partial charge in [0.05, 0.1) is 6.61 Å². The third kappa shape index (κ3) is 5.08. The first kappa shape index (κ1) is 15.0. The Labute approximate surface area is 114 Å². The van der Waals surface area contributed by atoms with Crippen LogP contribution in [0.2, 0.25) is 0 Å². The van der Waals surface area contributed by atoms with Crippen molar-refractivity contribution in [3.8, 4) is 5.88 Å². The van der Waals surface area contributed by atoms with E-state index in [0.717, 1.165) is 18.8 Å². The summed E-state index contributed by atoms with van der Waals surface area (Å²) in [6.07, 6.45) is 0.962. The Kier molecular flexibility index (Phi) is 5.66. The zero-order chi connectivity index (χ0) is 13.6. The Morgan fingerprint density at radius 3 is 2.72 bits per heavy atom. The van der Waals surface area contributed by atoms with Gasteiger partial charge in [0, 0.05) is 18.5 Å². The molecule has 18 heavy (non-hydrogen) atoms. The molecule has 1 aromatic heterocycles. The summed E-state index contributed by atoms with van der Waals surface area (Å²) in [5, 5.41) is 3.32. The molecule has 0 unspecified atom stereocenters. The summed E-state index contributed by atoms with van der Waals surface area (Å²) in [5.41, 5.74) is 0.145. The van der Waals surface area contributed by atoms with E-state index in [1.165, 1.54) is 0 Å². The lowest BCUT2D eigenvalue weighted by molar-refractivity contribution is 0.325. The van der Waals surface area contributed by atoms with Crippen LogP contribution in [0.3, 0.4) is 0 Å². The molecule has 102 valence electrons. The van der Waals surface area contributed by atoms with Gasteiger partial charge in [-0.05, 0) is 25.7 Å². The SMILES string of the molecule is CCOc1cc(NCC(C)(C)CCCl)nc(C)n1. The van der Waals surface area contributed by atoms with E-state index in [-0.39, 0.29) is 5.41 Å². The van der Waals surface area contributed by atoms with E-state index < -0.39 is 0 Å². The number of rotatable bonds is 7. The molecule has 5 heteroatoms. The van der Waals surface area contributed by atoms with Crippen molar-refractivity contribution < 1.29 is 4.74 Å². The molecule has 0 amide bonds. The van der Waals surface area contributed by atoms with Gasteiger partial charge in [0.2, 0.25) is 5.88 Å². The summed E-state index contributed by atoms with van der Waals surface area (Å²) < 4.78 is 5.39. The highest BCUT2D eigenvalue weighted by molar-refractivity contribution is 6.17. The quantitative estimate of drug-likeness (QED) is 0.774. The molecule has 0 aliphatic heterocycles. The number of aryl methyl sites for hydroxylation is 1. The van der Waals surface area contributed by atoms with Crippen LogP contribution < -0.4 is 10.1 Å². The molecule has 0 bridgehead atoms. The van der Waals surface area contributed by atoms with Crippen LogP contribution in [0.25, 0.3) is 0 Å². The number of hydrogen-bond acceptors (Lipinski definition) is 4. The van der Waals surface area contributed by atoms with Crippen molar-refractivity contribution in [2.24, 2.45) is 5.41 Å². The smallest absolute Gasteiger partial charge is 0.218 e. The second-order valence-corrected chi connectivity index (χ2v) is 5.41. The second kappa shape index (κ2) is 6.78. The summed E-state index contributed by atoms with van der Waals surface area (Å²) >= 11 is 5.79. The highest BCUT2D eigenvalue weighted by atomic mass is 35.5. The van der Waals surface area contributed by atoms with E-state index in [9.17, 15) is 0 Å². The fraction of sp³-hybridized carbons (Fsp3) is 0.692. The van der Waals surface area contributed by atoms with Crippen LogP contribution >= 0.6 is 11.6 Å². The highest BCUT2D eigenvalue weighted by Crippen LogP contribution is 2.22. The third-order valence-electron chi connectivity index (χ3n) is 2.63. The van der Waals surface area contributed by atoms with Crippen LogP contribution in [0.1, 0.15) is 33.0 Å². The molecule has 0 aliphatic rings. The van der Waals surface area contributed by atoms with Crippen LogP contribution in [-0.4, -0.2) is 29.0 Å². The van der Waals surface area contributed by atoms with Gasteiger partial charge in [0.15, 0.2) is 0 Å². The molecule has 0 saturated heterocycles. The third-order valence-corrected chi connectivity index (χ3v) is 2.81. The number of anilines is 1. The highest BCUT2D eigenvalue weighted by Gasteiger charge is 2.17. The molecular weight excluding hydrogens is 250 g/mol. The Bertz CT molecular complexity index is 382. The van der Waals surface area contributed by atoms with Crippen molar-refractivity contribution in [2.45, 2.75) is 34.1 Å². The van der Waals surface area contributed by atoms with E-state index >= 15 is 0 Å². The first-order chi connectivity index (χ1) is 8.46. The monoisotopic (exact) mass is 271 g/mol. The molecule has 0 atom stereocenters. The Morgan fingerprint density at radius 2 is 2.11 bits per heavy atom. The maximum atomic E-state index is 5.79. The predicted molar refractivity (Wildman–Crippen MR) is 75.5 cm³/mol. The van der Waals surface area contributed by atoms with Gasteiger partial charge in [0.25, 0.3) is 0 Å². The number of nitrogens with one attached hydrogen (secondary N) is 1. The average molecular weight is 272 g/mol. The van der Waals surface area contributed by atoms with Crippen LogP contribution in [0.4, 0.5) is 5.82 Å². The van der Waals surface area contributed by atoms with Crippen LogP contribution in [0.5, 0.6) is 5.88 Å².